The van der Waals surface area contributed by atoms with Gasteiger partial charge in [0.05, 0.1) is 5.71 Å². The van der Waals surface area contributed by atoms with Crippen molar-refractivity contribution in [3.05, 3.63) is 22.4 Å². The fraction of sp³-hybridized carbons (Fsp3) is 0.250. The number of thiophene rings is 1. The van der Waals surface area contributed by atoms with Crippen molar-refractivity contribution in [1.82, 2.24) is 10.7 Å². The number of nitrogens with zero attached hydrogens (tertiary/aromatic N) is 1. The molecule has 13 heavy (non-hydrogen) atoms. The van der Waals surface area contributed by atoms with E-state index in [4.69, 9.17) is 12.2 Å². The Morgan fingerprint density at radius 1 is 1.62 bits per heavy atom. The topological polar surface area (TPSA) is 36.4 Å². The maximum Gasteiger partial charge on any atom is 0.186 e. The predicted octanol–water partition coefficient (Wildman–Crippen LogP) is 1.57. The zero-order valence-electron chi connectivity index (χ0n) is 7.50. The fourth-order valence-corrected chi connectivity index (χ4v) is 1.45. The van der Waals surface area contributed by atoms with E-state index in [1.807, 2.05) is 24.4 Å². The van der Waals surface area contributed by atoms with E-state index in [1.54, 1.807) is 18.4 Å². The predicted molar refractivity (Wildman–Crippen MR) is 61.3 cm³/mol. The first kappa shape index (κ1) is 10.1. The summed E-state index contributed by atoms with van der Waals surface area (Å²) < 4.78 is 0. The van der Waals surface area contributed by atoms with Crippen LogP contribution in [0.15, 0.2) is 22.6 Å². The van der Waals surface area contributed by atoms with E-state index in [-0.39, 0.29) is 0 Å². The summed E-state index contributed by atoms with van der Waals surface area (Å²) in [6.45, 7) is 1.94. The summed E-state index contributed by atoms with van der Waals surface area (Å²) in [5, 5.41) is 9.44. The van der Waals surface area contributed by atoms with Gasteiger partial charge in [-0.2, -0.15) is 5.10 Å². The molecule has 1 heterocycles. The van der Waals surface area contributed by atoms with Gasteiger partial charge in [0.1, 0.15) is 0 Å². The Kier molecular flexibility index (Phi) is 3.85. The van der Waals surface area contributed by atoms with Crippen LogP contribution in [0.2, 0.25) is 0 Å². The molecule has 1 aromatic heterocycles. The van der Waals surface area contributed by atoms with Crippen molar-refractivity contribution in [1.29, 1.82) is 0 Å². The molecule has 0 atom stereocenters. The number of hydrogen-bond acceptors (Lipinski definition) is 3. The first-order valence-corrected chi connectivity index (χ1v) is 5.08. The van der Waals surface area contributed by atoms with Crippen LogP contribution in [-0.4, -0.2) is 17.9 Å². The fourth-order valence-electron chi connectivity index (χ4n) is 0.730. The second kappa shape index (κ2) is 4.94. The summed E-state index contributed by atoms with van der Waals surface area (Å²) in [5.74, 6) is 0. The molecule has 0 radical (unpaired) electrons. The van der Waals surface area contributed by atoms with Gasteiger partial charge in [-0.15, -0.1) is 11.3 Å². The van der Waals surface area contributed by atoms with Gasteiger partial charge in [-0.3, -0.25) is 5.43 Å². The molecule has 0 unspecified atom stereocenters. The van der Waals surface area contributed by atoms with Crippen molar-refractivity contribution >= 4 is 34.4 Å². The number of thiocarbonyl (C=S) groups is 1. The molecule has 1 aromatic rings. The molecule has 5 heteroatoms. The third kappa shape index (κ3) is 3.12. The Labute approximate surface area is 86.9 Å². The maximum atomic E-state index is 4.88. The average molecular weight is 213 g/mol. The van der Waals surface area contributed by atoms with Gasteiger partial charge < -0.3 is 5.32 Å². The van der Waals surface area contributed by atoms with E-state index in [9.17, 15) is 0 Å². The molecule has 0 amide bonds. The summed E-state index contributed by atoms with van der Waals surface area (Å²) in [4.78, 5) is 1.14. The molecule has 3 nitrogen and oxygen atoms in total. The SMILES string of the molecule is CNC(=S)N/N=C(/C)c1cccs1. The van der Waals surface area contributed by atoms with Crippen LogP contribution in [-0.2, 0) is 0 Å². The zero-order chi connectivity index (χ0) is 9.68. The normalized spacial score (nSPS) is 11.1. The third-order valence-corrected chi connectivity index (χ3v) is 2.70. The highest BCUT2D eigenvalue weighted by Crippen LogP contribution is 2.08. The molecule has 0 fully saturated rings. The van der Waals surface area contributed by atoms with Crippen LogP contribution >= 0.6 is 23.6 Å². The standard InChI is InChI=1S/C8H11N3S2/c1-6(7-4-3-5-13-7)10-11-8(12)9-2/h3-5H,1-2H3,(H2,9,11,12)/b10-6-. The van der Waals surface area contributed by atoms with Crippen LogP contribution in [0, 0.1) is 0 Å². The number of hydrogen-bond donors (Lipinski definition) is 2. The Morgan fingerprint density at radius 2 is 2.38 bits per heavy atom. The zero-order valence-corrected chi connectivity index (χ0v) is 9.13. The van der Waals surface area contributed by atoms with E-state index >= 15 is 0 Å². The quantitative estimate of drug-likeness (QED) is 0.445. The lowest BCUT2D eigenvalue weighted by molar-refractivity contribution is 0.975. The van der Waals surface area contributed by atoms with Crippen molar-refractivity contribution in [3.8, 4) is 0 Å². The monoisotopic (exact) mass is 213 g/mol. The van der Waals surface area contributed by atoms with Crippen molar-refractivity contribution in [2.45, 2.75) is 6.92 Å². The minimum atomic E-state index is 0.524. The summed E-state index contributed by atoms with van der Waals surface area (Å²) in [6, 6.07) is 4.02. The lowest BCUT2D eigenvalue weighted by Gasteiger charge is -2.01. The Morgan fingerprint density at radius 3 is 2.92 bits per heavy atom. The number of nitrogens with one attached hydrogen (secondary N) is 2. The molecule has 0 saturated heterocycles. The number of hydrazone groups is 1. The lowest BCUT2D eigenvalue weighted by Crippen LogP contribution is -2.29. The highest BCUT2D eigenvalue weighted by atomic mass is 32.1. The smallest absolute Gasteiger partial charge is 0.186 e. The van der Waals surface area contributed by atoms with Crippen LogP contribution in [0.4, 0.5) is 0 Å². The molecule has 1 rings (SSSR count). The van der Waals surface area contributed by atoms with E-state index in [0.29, 0.717) is 5.11 Å². The molecular weight excluding hydrogens is 202 g/mol. The largest absolute Gasteiger partial charge is 0.364 e. The van der Waals surface area contributed by atoms with Crippen molar-refractivity contribution in [2.24, 2.45) is 5.10 Å². The average Bonchev–Trinajstić information content (AvgIpc) is 2.66. The van der Waals surface area contributed by atoms with Crippen molar-refractivity contribution in [3.63, 3.8) is 0 Å². The Hall–Kier alpha value is -0.940. The minimum absolute atomic E-state index is 0.524. The maximum absolute atomic E-state index is 4.88. The van der Waals surface area contributed by atoms with Gasteiger partial charge in [-0.05, 0) is 30.6 Å². The van der Waals surface area contributed by atoms with Gasteiger partial charge in [-0.1, -0.05) is 6.07 Å². The molecule has 0 bridgehead atoms. The second-order valence-electron chi connectivity index (χ2n) is 2.37. The summed E-state index contributed by atoms with van der Waals surface area (Å²) in [6.07, 6.45) is 0. The molecule has 0 aliphatic carbocycles. The molecule has 0 aliphatic rings. The highest BCUT2D eigenvalue weighted by molar-refractivity contribution is 7.80. The minimum Gasteiger partial charge on any atom is -0.364 e. The molecule has 70 valence electrons. The van der Waals surface area contributed by atoms with Crippen LogP contribution in [0.1, 0.15) is 11.8 Å². The molecule has 0 spiro atoms. The van der Waals surface area contributed by atoms with Crippen LogP contribution in [0.3, 0.4) is 0 Å². The van der Waals surface area contributed by atoms with Crippen molar-refractivity contribution in [2.75, 3.05) is 7.05 Å². The van der Waals surface area contributed by atoms with Gasteiger partial charge in [-0.25, -0.2) is 0 Å². The van der Waals surface area contributed by atoms with Gasteiger partial charge in [0.2, 0.25) is 0 Å². The van der Waals surface area contributed by atoms with Crippen molar-refractivity contribution < 1.29 is 0 Å². The van der Waals surface area contributed by atoms with Gasteiger partial charge >= 0.3 is 0 Å². The van der Waals surface area contributed by atoms with Crippen LogP contribution < -0.4 is 10.7 Å². The van der Waals surface area contributed by atoms with Crippen LogP contribution in [0.25, 0.3) is 0 Å². The molecular formula is C8H11N3S2. The second-order valence-corrected chi connectivity index (χ2v) is 3.72. The van der Waals surface area contributed by atoms with E-state index in [1.165, 1.54) is 0 Å². The Bertz CT molecular complexity index is 303. The highest BCUT2D eigenvalue weighted by Gasteiger charge is 1.97. The van der Waals surface area contributed by atoms with E-state index in [0.717, 1.165) is 10.6 Å². The Balaban J connectivity index is 2.57. The summed E-state index contributed by atoms with van der Waals surface area (Å²) >= 11 is 6.53. The first-order valence-electron chi connectivity index (χ1n) is 3.80. The lowest BCUT2D eigenvalue weighted by atomic mass is 10.3. The first-order chi connectivity index (χ1) is 6.24. The van der Waals surface area contributed by atoms with Crippen LogP contribution in [0.5, 0.6) is 0 Å². The van der Waals surface area contributed by atoms with E-state index in [2.05, 4.69) is 15.8 Å². The van der Waals surface area contributed by atoms with E-state index < -0.39 is 0 Å². The summed E-state index contributed by atoms with van der Waals surface area (Å²) in [7, 11) is 1.76. The molecule has 2 N–H and O–H groups in total. The molecule has 0 aromatic carbocycles. The summed E-state index contributed by atoms with van der Waals surface area (Å²) in [5.41, 5.74) is 3.67. The molecule has 0 aliphatic heterocycles. The van der Waals surface area contributed by atoms with Gasteiger partial charge in [0.15, 0.2) is 5.11 Å². The third-order valence-electron chi connectivity index (χ3n) is 1.43. The van der Waals surface area contributed by atoms with Gasteiger partial charge in [0, 0.05) is 11.9 Å². The number of rotatable bonds is 2. The van der Waals surface area contributed by atoms with Gasteiger partial charge in [0.25, 0.3) is 0 Å². The molecule has 0 saturated carbocycles.